The zero-order chi connectivity index (χ0) is 17.4. The molecule has 0 aliphatic rings. The minimum atomic E-state index is -0.255. The van der Waals surface area contributed by atoms with Crippen LogP contribution in [-0.4, -0.2) is 33.9 Å². The van der Waals surface area contributed by atoms with E-state index in [0.717, 1.165) is 11.3 Å². The fourth-order valence-corrected chi connectivity index (χ4v) is 2.33. The summed E-state index contributed by atoms with van der Waals surface area (Å²) in [6.45, 7) is 0.450. The lowest BCUT2D eigenvalue weighted by Gasteiger charge is -2.15. The van der Waals surface area contributed by atoms with Crippen LogP contribution >= 0.6 is 0 Å². The van der Waals surface area contributed by atoms with Gasteiger partial charge in [0.25, 0.3) is 0 Å². The zero-order valence-electron chi connectivity index (χ0n) is 14.1. The van der Waals surface area contributed by atoms with Gasteiger partial charge in [-0.2, -0.15) is 0 Å². The summed E-state index contributed by atoms with van der Waals surface area (Å²) < 4.78 is 16.0. The second-order valence-corrected chi connectivity index (χ2v) is 5.02. The second-order valence-electron chi connectivity index (χ2n) is 5.02. The predicted octanol–water partition coefficient (Wildman–Crippen LogP) is 3.08. The van der Waals surface area contributed by atoms with Crippen LogP contribution in [0.25, 0.3) is 0 Å². The molecule has 2 amide bonds. The zero-order valence-corrected chi connectivity index (χ0v) is 14.1. The summed E-state index contributed by atoms with van der Waals surface area (Å²) in [4.78, 5) is 11.9. The molecule has 0 heterocycles. The quantitative estimate of drug-likeness (QED) is 0.818. The first-order valence-corrected chi connectivity index (χ1v) is 7.56. The van der Waals surface area contributed by atoms with E-state index in [1.165, 1.54) is 0 Å². The van der Waals surface area contributed by atoms with Crippen LogP contribution in [-0.2, 0) is 6.42 Å². The Kier molecular flexibility index (Phi) is 6.31. The number of hydrogen-bond donors (Lipinski definition) is 2. The molecule has 0 unspecified atom stereocenters. The number of para-hydroxylation sites is 1. The average molecular weight is 330 g/mol. The molecule has 2 aromatic carbocycles. The minimum absolute atomic E-state index is 0.255. The van der Waals surface area contributed by atoms with Crippen molar-refractivity contribution < 1.29 is 19.0 Å². The maximum atomic E-state index is 11.9. The van der Waals surface area contributed by atoms with Gasteiger partial charge in [-0.05, 0) is 24.6 Å². The Hall–Kier alpha value is -2.89. The van der Waals surface area contributed by atoms with E-state index in [4.69, 9.17) is 14.2 Å². The van der Waals surface area contributed by atoms with Crippen LogP contribution < -0.4 is 24.8 Å². The van der Waals surface area contributed by atoms with Crippen LogP contribution in [0.5, 0.6) is 17.2 Å². The number of amides is 2. The molecule has 6 nitrogen and oxygen atoms in total. The Bertz CT molecular complexity index is 674. The van der Waals surface area contributed by atoms with Gasteiger partial charge in [0.05, 0.1) is 21.3 Å². The first-order chi connectivity index (χ1) is 11.7. The molecule has 0 saturated heterocycles. The summed E-state index contributed by atoms with van der Waals surface area (Å²) in [6, 6.07) is 12.7. The van der Waals surface area contributed by atoms with Crippen molar-refractivity contribution in [2.75, 3.05) is 33.2 Å². The highest BCUT2D eigenvalue weighted by Crippen LogP contribution is 2.35. The molecule has 0 saturated carbocycles. The van der Waals surface area contributed by atoms with Gasteiger partial charge in [0.2, 0.25) is 0 Å². The fourth-order valence-electron chi connectivity index (χ4n) is 2.33. The van der Waals surface area contributed by atoms with Crippen LogP contribution in [0.3, 0.4) is 0 Å². The summed E-state index contributed by atoms with van der Waals surface area (Å²) in [5.41, 5.74) is 1.64. The first-order valence-electron chi connectivity index (χ1n) is 7.56. The summed E-state index contributed by atoms with van der Waals surface area (Å²) in [7, 11) is 4.76. The van der Waals surface area contributed by atoms with Gasteiger partial charge in [0.15, 0.2) is 11.5 Å². The molecule has 0 aliphatic heterocycles. The number of anilines is 1. The third-order valence-electron chi connectivity index (χ3n) is 3.48. The number of methoxy groups -OCH3 is 3. The van der Waals surface area contributed by atoms with Crippen molar-refractivity contribution in [3.63, 3.8) is 0 Å². The van der Waals surface area contributed by atoms with Gasteiger partial charge in [-0.3, -0.25) is 0 Å². The molecule has 0 aromatic heterocycles. The fraction of sp³-hybridized carbons (Fsp3) is 0.278. The average Bonchev–Trinajstić information content (AvgIpc) is 2.61. The van der Waals surface area contributed by atoms with Crippen molar-refractivity contribution in [3.05, 3.63) is 48.0 Å². The summed E-state index contributed by atoms with van der Waals surface area (Å²) >= 11 is 0. The number of urea groups is 1. The molecule has 0 spiro atoms. The van der Waals surface area contributed by atoms with Crippen molar-refractivity contribution in [2.24, 2.45) is 0 Å². The summed E-state index contributed by atoms with van der Waals surface area (Å²) in [5.74, 6) is 1.92. The second kappa shape index (κ2) is 8.67. The van der Waals surface area contributed by atoms with Gasteiger partial charge < -0.3 is 24.8 Å². The summed E-state index contributed by atoms with van der Waals surface area (Å²) in [6.07, 6.45) is 0.582. The smallest absolute Gasteiger partial charge is 0.319 e. The van der Waals surface area contributed by atoms with Crippen LogP contribution in [0.15, 0.2) is 42.5 Å². The van der Waals surface area contributed by atoms with E-state index >= 15 is 0 Å². The molecule has 2 rings (SSSR count). The molecule has 2 aromatic rings. The first kappa shape index (κ1) is 17.5. The molecule has 0 bridgehead atoms. The normalized spacial score (nSPS) is 9.96. The predicted molar refractivity (Wildman–Crippen MR) is 93.3 cm³/mol. The van der Waals surface area contributed by atoms with Gasteiger partial charge in [-0.1, -0.05) is 18.2 Å². The number of nitrogens with one attached hydrogen (secondary N) is 2. The molecule has 128 valence electrons. The number of hydrogen-bond acceptors (Lipinski definition) is 4. The van der Waals surface area contributed by atoms with Crippen molar-refractivity contribution in [1.82, 2.24) is 5.32 Å². The maximum Gasteiger partial charge on any atom is 0.319 e. The topological polar surface area (TPSA) is 68.8 Å². The highest BCUT2D eigenvalue weighted by molar-refractivity contribution is 5.89. The van der Waals surface area contributed by atoms with Crippen LogP contribution in [0.4, 0.5) is 10.5 Å². The Labute approximate surface area is 141 Å². The molecular formula is C18H22N2O4. The van der Waals surface area contributed by atoms with E-state index < -0.39 is 0 Å². The third-order valence-corrected chi connectivity index (χ3v) is 3.48. The number of ether oxygens (including phenoxy) is 3. The van der Waals surface area contributed by atoms with Gasteiger partial charge in [-0.15, -0.1) is 0 Å². The van der Waals surface area contributed by atoms with E-state index in [1.54, 1.807) is 27.4 Å². The highest BCUT2D eigenvalue weighted by atomic mass is 16.5. The molecule has 6 heteroatoms. The molecule has 0 atom stereocenters. The van der Waals surface area contributed by atoms with Crippen molar-refractivity contribution >= 4 is 11.7 Å². The Morgan fingerprint density at radius 1 is 1.00 bits per heavy atom. The largest absolute Gasteiger partial charge is 0.497 e. The Morgan fingerprint density at radius 3 is 2.38 bits per heavy atom. The Balaban J connectivity index is 1.97. The van der Waals surface area contributed by atoms with Gasteiger partial charge in [0, 0.05) is 23.9 Å². The molecule has 2 N–H and O–H groups in total. The van der Waals surface area contributed by atoms with Crippen LogP contribution in [0.1, 0.15) is 5.56 Å². The van der Waals surface area contributed by atoms with Crippen molar-refractivity contribution in [3.8, 4) is 17.2 Å². The number of benzene rings is 2. The number of carbonyl (C=O) groups excluding carboxylic acids is 1. The number of rotatable bonds is 7. The lowest BCUT2D eigenvalue weighted by Crippen LogP contribution is -2.30. The lowest BCUT2D eigenvalue weighted by molar-refractivity contribution is 0.252. The van der Waals surface area contributed by atoms with E-state index in [2.05, 4.69) is 10.6 Å². The van der Waals surface area contributed by atoms with Crippen LogP contribution in [0.2, 0.25) is 0 Å². The molecular weight excluding hydrogens is 308 g/mol. The standard InChI is InChI=1S/C18H22N2O4/c1-22-15-11-13(17(24-3)16(12-15)23-2)9-10-19-18(21)20-14-7-5-4-6-8-14/h4-8,11-12H,9-10H2,1-3H3,(H2,19,20,21). The lowest BCUT2D eigenvalue weighted by atomic mass is 10.1. The van der Waals surface area contributed by atoms with Gasteiger partial charge in [-0.25, -0.2) is 4.79 Å². The van der Waals surface area contributed by atoms with Gasteiger partial charge >= 0.3 is 6.03 Å². The molecule has 0 radical (unpaired) electrons. The van der Waals surface area contributed by atoms with E-state index in [-0.39, 0.29) is 6.03 Å². The maximum absolute atomic E-state index is 11.9. The van der Waals surface area contributed by atoms with E-state index in [1.807, 2.05) is 36.4 Å². The third kappa shape index (κ3) is 4.55. The van der Waals surface area contributed by atoms with Gasteiger partial charge in [0.1, 0.15) is 5.75 Å². The monoisotopic (exact) mass is 330 g/mol. The molecule has 24 heavy (non-hydrogen) atoms. The number of carbonyl (C=O) groups is 1. The van der Waals surface area contributed by atoms with E-state index in [9.17, 15) is 4.79 Å². The Morgan fingerprint density at radius 2 is 1.75 bits per heavy atom. The molecule has 0 fully saturated rings. The van der Waals surface area contributed by atoms with Crippen molar-refractivity contribution in [1.29, 1.82) is 0 Å². The SMILES string of the molecule is COc1cc(CCNC(=O)Nc2ccccc2)c(OC)c(OC)c1. The minimum Gasteiger partial charge on any atom is -0.497 e. The highest BCUT2D eigenvalue weighted by Gasteiger charge is 2.13. The van der Waals surface area contributed by atoms with E-state index in [0.29, 0.717) is 30.2 Å². The summed E-state index contributed by atoms with van der Waals surface area (Å²) in [5, 5.41) is 5.59. The van der Waals surface area contributed by atoms with Crippen LogP contribution in [0, 0.1) is 0 Å². The molecule has 0 aliphatic carbocycles. The van der Waals surface area contributed by atoms with Crippen molar-refractivity contribution in [2.45, 2.75) is 6.42 Å².